The van der Waals surface area contributed by atoms with Crippen molar-refractivity contribution >= 4 is 17.2 Å². The predicted molar refractivity (Wildman–Crippen MR) is 148 cm³/mol. The van der Waals surface area contributed by atoms with Gasteiger partial charge in [0.25, 0.3) is 0 Å². The van der Waals surface area contributed by atoms with E-state index in [0.29, 0.717) is 42.8 Å². The van der Waals surface area contributed by atoms with Gasteiger partial charge in [0.05, 0.1) is 18.8 Å². The third-order valence-corrected chi connectivity index (χ3v) is 7.70. The molecular formula is C29H36FN7O2. The number of likely N-dealkylation sites (N-methyl/N-ethyl adjacent to an activating group) is 1. The fraction of sp³-hybridized carbons (Fsp3) is 0.448. The highest BCUT2D eigenvalue weighted by Gasteiger charge is 2.29. The number of ether oxygens (including phenoxy) is 1. The topological polar surface area (TPSA) is 88.4 Å². The summed E-state index contributed by atoms with van der Waals surface area (Å²) >= 11 is 0. The fourth-order valence-corrected chi connectivity index (χ4v) is 5.29. The largest absolute Gasteiger partial charge is 0.477 e. The Morgan fingerprint density at radius 3 is 2.87 bits per heavy atom. The summed E-state index contributed by atoms with van der Waals surface area (Å²) in [5, 5.41) is 7.48. The van der Waals surface area contributed by atoms with Gasteiger partial charge in [0.15, 0.2) is 5.82 Å². The highest BCUT2D eigenvalue weighted by atomic mass is 19.1. The Morgan fingerprint density at radius 2 is 2.10 bits per heavy atom. The van der Waals surface area contributed by atoms with Crippen molar-refractivity contribution in [3.05, 3.63) is 70.7 Å². The highest BCUT2D eigenvalue weighted by molar-refractivity contribution is 5.97. The van der Waals surface area contributed by atoms with E-state index in [1.54, 1.807) is 4.68 Å². The first-order valence-corrected chi connectivity index (χ1v) is 13.5. The Kier molecular flexibility index (Phi) is 7.76. The predicted octanol–water partition coefficient (Wildman–Crippen LogP) is 3.29. The van der Waals surface area contributed by atoms with Crippen molar-refractivity contribution in [3.8, 4) is 5.88 Å². The second-order valence-corrected chi connectivity index (χ2v) is 10.4. The van der Waals surface area contributed by atoms with E-state index >= 15 is 4.39 Å². The number of carbonyl (C=O) groups excluding carboxylic acids is 1. The number of halogens is 1. The third-order valence-electron chi connectivity index (χ3n) is 7.70. The van der Waals surface area contributed by atoms with Crippen molar-refractivity contribution in [2.24, 2.45) is 7.05 Å². The normalized spacial score (nSPS) is 18.5. The minimum Gasteiger partial charge on any atom is -0.477 e. The van der Waals surface area contributed by atoms with Crippen LogP contribution in [0.25, 0.3) is 5.57 Å². The quantitative estimate of drug-likeness (QED) is 0.475. The van der Waals surface area contributed by atoms with E-state index in [2.05, 4.69) is 44.2 Å². The molecule has 3 aromatic rings. The molecule has 2 atom stereocenters. The Labute approximate surface area is 228 Å². The van der Waals surface area contributed by atoms with E-state index in [0.717, 1.165) is 42.0 Å². The van der Waals surface area contributed by atoms with E-state index in [9.17, 15) is 4.79 Å². The van der Waals surface area contributed by atoms with Crippen LogP contribution in [0.4, 0.5) is 10.1 Å². The molecule has 0 radical (unpaired) electrons. The average molecular weight is 534 g/mol. The van der Waals surface area contributed by atoms with Crippen LogP contribution in [0.1, 0.15) is 49.0 Å². The minimum absolute atomic E-state index is 0.0364. The van der Waals surface area contributed by atoms with Crippen LogP contribution in [0.15, 0.2) is 36.7 Å². The molecule has 9 nitrogen and oxygen atoms in total. The average Bonchev–Trinajstić information content (AvgIpc) is 3.50. The molecule has 0 spiro atoms. The standard InChI is InChI=1S/C29H36FN7O2/c1-6-39-29-20(17-36(5)34-29)14-26-31-15-24(30)27(33-26)23-11-10-22-21(23)8-7-9-25(22)32-28(38)19(3)37-13-12-35(4)18(2)16-37/h7-9,11,15,17-19H,6,10,12-14,16H2,1-5H3,(H,32,38)/t18-,19+/m0/s1. The van der Waals surface area contributed by atoms with Crippen molar-refractivity contribution in [1.29, 1.82) is 0 Å². The van der Waals surface area contributed by atoms with E-state index in [-0.39, 0.29) is 17.6 Å². The first-order valence-electron chi connectivity index (χ1n) is 13.5. The van der Waals surface area contributed by atoms with Gasteiger partial charge in [-0.05, 0) is 51.4 Å². The van der Waals surface area contributed by atoms with Crippen molar-refractivity contribution in [2.45, 2.75) is 45.7 Å². The number of fused-ring (bicyclic) bond motifs is 1. The number of piperazine rings is 1. The summed E-state index contributed by atoms with van der Waals surface area (Å²) in [5.74, 6) is 0.488. The van der Waals surface area contributed by atoms with Gasteiger partial charge in [0.2, 0.25) is 11.8 Å². The van der Waals surface area contributed by atoms with Crippen molar-refractivity contribution in [3.63, 3.8) is 0 Å². The molecule has 1 saturated heterocycles. The zero-order chi connectivity index (χ0) is 27.7. The summed E-state index contributed by atoms with van der Waals surface area (Å²) in [4.78, 5) is 26.6. The molecule has 39 heavy (non-hydrogen) atoms. The van der Waals surface area contributed by atoms with E-state index in [4.69, 9.17) is 4.74 Å². The summed E-state index contributed by atoms with van der Waals surface area (Å²) in [5.41, 5.74) is 4.39. The third kappa shape index (κ3) is 5.58. The summed E-state index contributed by atoms with van der Waals surface area (Å²) in [6.07, 6.45) is 6.00. The van der Waals surface area contributed by atoms with Gasteiger partial charge in [-0.25, -0.2) is 14.4 Å². The number of aryl methyl sites for hydroxylation is 1. The molecule has 0 saturated carbocycles. The minimum atomic E-state index is -0.485. The number of allylic oxidation sites excluding steroid dienone is 1. The number of benzene rings is 1. The highest BCUT2D eigenvalue weighted by Crippen LogP contribution is 2.37. The molecule has 1 aliphatic carbocycles. The maximum atomic E-state index is 15.1. The SMILES string of the molecule is CCOc1nn(C)cc1Cc1ncc(F)c(C2=CCc3c(NC(=O)[C@@H](C)N4CCN(C)[C@@H](C)C4)cccc32)n1. The second kappa shape index (κ2) is 11.2. The van der Waals surface area contributed by atoms with Crippen LogP contribution in [0, 0.1) is 5.82 Å². The Hall–Kier alpha value is -3.63. The zero-order valence-corrected chi connectivity index (χ0v) is 23.2. The number of hydrogen-bond acceptors (Lipinski definition) is 7. The Balaban J connectivity index is 1.35. The summed E-state index contributed by atoms with van der Waals surface area (Å²) in [6, 6.07) is 5.90. The molecule has 2 aliphatic rings. The monoisotopic (exact) mass is 533 g/mol. The fourth-order valence-electron chi connectivity index (χ4n) is 5.29. The van der Waals surface area contributed by atoms with Crippen LogP contribution < -0.4 is 10.1 Å². The van der Waals surface area contributed by atoms with E-state index in [1.807, 2.05) is 51.4 Å². The number of aromatic nitrogens is 4. The molecule has 2 aromatic heterocycles. The summed E-state index contributed by atoms with van der Waals surface area (Å²) < 4.78 is 22.4. The molecule has 206 valence electrons. The maximum Gasteiger partial charge on any atom is 0.241 e. The maximum absolute atomic E-state index is 15.1. The van der Waals surface area contributed by atoms with Crippen LogP contribution in [-0.2, 0) is 24.7 Å². The molecule has 1 aliphatic heterocycles. The van der Waals surface area contributed by atoms with Crippen LogP contribution in [-0.4, -0.2) is 80.8 Å². The van der Waals surface area contributed by atoms with Crippen LogP contribution in [0.2, 0.25) is 0 Å². The first-order chi connectivity index (χ1) is 18.7. The van der Waals surface area contributed by atoms with Crippen molar-refractivity contribution in [2.75, 3.05) is 38.6 Å². The second-order valence-electron chi connectivity index (χ2n) is 10.4. The molecule has 0 unspecified atom stereocenters. The zero-order valence-electron chi connectivity index (χ0n) is 23.2. The van der Waals surface area contributed by atoms with Gasteiger partial charge in [-0.1, -0.05) is 18.2 Å². The van der Waals surface area contributed by atoms with Crippen LogP contribution in [0.3, 0.4) is 0 Å². The summed E-state index contributed by atoms with van der Waals surface area (Å²) in [7, 11) is 3.94. The molecule has 1 fully saturated rings. The van der Waals surface area contributed by atoms with Gasteiger partial charge < -0.3 is 15.0 Å². The summed E-state index contributed by atoms with van der Waals surface area (Å²) in [6.45, 7) is 9.18. The lowest BCUT2D eigenvalue weighted by Crippen LogP contribution is -2.55. The van der Waals surface area contributed by atoms with Gasteiger partial charge >= 0.3 is 0 Å². The molecule has 5 rings (SSSR count). The van der Waals surface area contributed by atoms with E-state index in [1.165, 1.54) is 6.20 Å². The van der Waals surface area contributed by atoms with Crippen LogP contribution >= 0.6 is 0 Å². The number of rotatable bonds is 8. The van der Waals surface area contributed by atoms with Gasteiger partial charge in [-0.15, -0.1) is 5.10 Å². The molecule has 1 aromatic carbocycles. The molecule has 10 heteroatoms. The first kappa shape index (κ1) is 27.0. The lowest BCUT2D eigenvalue weighted by atomic mass is 10.0. The number of nitrogens with zero attached hydrogens (tertiary/aromatic N) is 6. The van der Waals surface area contributed by atoms with Gasteiger partial charge in [0.1, 0.15) is 11.5 Å². The number of anilines is 1. The van der Waals surface area contributed by atoms with Gasteiger partial charge in [0, 0.05) is 62.2 Å². The number of amides is 1. The van der Waals surface area contributed by atoms with E-state index < -0.39 is 5.82 Å². The lowest BCUT2D eigenvalue weighted by molar-refractivity contribution is -0.121. The Morgan fingerprint density at radius 1 is 1.28 bits per heavy atom. The van der Waals surface area contributed by atoms with Gasteiger partial charge in [-0.3, -0.25) is 14.4 Å². The number of hydrogen-bond donors (Lipinski definition) is 1. The molecule has 0 bridgehead atoms. The van der Waals surface area contributed by atoms with Crippen LogP contribution in [0.5, 0.6) is 5.88 Å². The number of nitrogens with one attached hydrogen (secondary N) is 1. The smallest absolute Gasteiger partial charge is 0.241 e. The van der Waals surface area contributed by atoms with Crippen molar-refractivity contribution < 1.29 is 13.9 Å². The number of carbonyl (C=O) groups is 1. The molecule has 1 amide bonds. The Bertz CT molecular complexity index is 1400. The van der Waals surface area contributed by atoms with Gasteiger partial charge in [-0.2, -0.15) is 0 Å². The molecule has 3 heterocycles. The lowest BCUT2D eigenvalue weighted by Gasteiger charge is -2.40. The molecule has 1 N–H and O–H groups in total. The molecular weight excluding hydrogens is 497 g/mol. The van der Waals surface area contributed by atoms with Crippen molar-refractivity contribution in [1.82, 2.24) is 29.5 Å².